The molecule has 1 saturated heterocycles. The molecule has 2 bridgehead atoms. The summed E-state index contributed by atoms with van der Waals surface area (Å²) in [5.41, 5.74) is 1.12. The molecule has 0 aromatic heterocycles. The summed E-state index contributed by atoms with van der Waals surface area (Å²) >= 11 is 0. The van der Waals surface area contributed by atoms with Gasteiger partial charge in [-0.05, 0) is 25.0 Å². The van der Waals surface area contributed by atoms with Crippen molar-refractivity contribution < 1.29 is 4.79 Å². The second-order valence-corrected chi connectivity index (χ2v) is 5.32. The molecule has 0 unspecified atom stereocenters. The van der Waals surface area contributed by atoms with Crippen molar-refractivity contribution in [3.05, 3.63) is 36.3 Å². The van der Waals surface area contributed by atoms with Crippen molar-refractivity contribution in [3.8, 4) is 0 Å². The van der Waals surface area contributed by atoms with Crippen LogP contribution in [-0.4, -0.2) is 42.1 Å². The molecule has 1 fully saturated rings. The monoisotopic (exact) mass is 285 g/mol. The Labute approximate surface area is 124 Å². The number of hydrogen-bond donors (Lipinski definition) is 2. The van der Waals surface area contributed by atoms with Crippen molar-refractivity contribution >= 4 is 18.1 Å². The number of carbonyl (C=O) groups is 1. The molecule has 3 aliphatic rings. The number of piperidine rings is 1. The Morgan fingerprint density at radius 2 is 2.48 bits per heavy atom. The fourth-order valence-electron chi connectivity index (χ4n) is 2.76. The van der Waals surface area contributed by atoms with Crippen LogP contribution in [0.15, 0.2) is 46.3 Å². The number of fused-ring (bicyclic) bond motifs is 2. The maximum absolute atomic E-state index is 11.7. The highest BCUT2D eigenvalue weighted by molar-refractivity contribution is 5.93. The molecular formula is C15H19N5O. The van der Waals surface area contributed by atoms with E-state index in [9.17, 15) is 4.79 Å². The Morgan fingerprint density at radius 1 is 1.57 bits per heavy atom. The zero-order valence-electron chi connectivity index (χ0n) is 11.9. The summed E-state index contributed by atoms with van der Waals surface area (Å²) in [6, 6.07) is 0.215. The van der Waals surface area contributed by atoms with Crippen LogP contribution in [0.3, 0.4) is 0 Å². The highest BCUT2D eigenvalue weighted by atomic mass is 16.2. The number of allylic oxidation sites excluding steroid dienone is 1. The van der Waals surface area contributed by atoms with E-state index in [-0.39, 0.29) is 11.9 Å². The van der Waals surface area contributed by atoms with Gasteiger partial charge in [0, 0.05) is 37.3 Å². The van der Waals surface area contributed by atoms with E-state index >= 15 is 0 Å². The molecule has 2 N–H and O–H groups in total. The predicted octanol–water partition coefficient (Wildman–Crippen LogP) is 0.912. The third-order valence-corrected chi connectivity index (χ3v) is 3.85. The average Bonchev–Trinajstić information content (AvgIpc) is 2.66. The van der Waals surface area contributed by atoms with Crippen LogP contribution in [0.1, 0.15) is 19.3 Å². The number of nitrogens with one attached hydrogen (secondary N) is 2. The Balaban J connectivity index is 1.71. The minimum absolute atomic E-state index is 0.00379. The molecule has 3 aliphatic heterocycles. The van der Waals surface area contributed by atoms with Crippen molar-refractivity contribution in [2.24, 2.45) is 9.98 Å². The molecule has 3 rings (SSSR count). The van der Waals surface area contributed by atoms with Crippen molar-refractivity contribution in [2.45, 2.75) is 25.3 Å². The van der Waals surface area contributed by atoms with Gasteiger partial charge in [-0.2, -0.15) is 0 Å². The van der Waals surface area contributed by atoms with E-state index in [0.29, 0.717) is 6.54 Å². The summed E-state index contributed by atoms with van der Waals surface area (Å²) in [5, 5.41) is 6.56. The Kier molecular flexibility index (Phi) is 3.85. The highest BCUT2D eigenvalue weighted by Crippen LogP contribution is 2.18. The second kappa shape index (κ2) is 5.95. The maximum Gasteiger partial charge on any atom is 0.246 e. The zero-order chi connectivity index (χ0) is 14.7. The fourth-order valence-corrected chi connectivity index (χ4v) is 2.76. The Bertz CT molecular complexity index is 573. The molecule has 0 radical (unpaired) electrons. The van der Waals surface area contributed by atoms with Crippen LogP contribution < -0.4 is 10.6 Å². The Morgan fingerprint density at radius 3 is 3.33 bits per heavy atom. The lowest BCUT2D eigenvalue weighted by molar-refractivity contribution is -0.127. The van der Waals surface area contributed by atoms with Gasteiger partial charge in [-0.25, -0.2) is 9.98 Å². The van der Waals surface area contributed by atoms with Crippen LogP contribution in [0.5, 0.6) is 0 Å². The van der Waals surface area contributed by atoms with Gasteiger partial charge in [0.2, 0.25) is 5.91 Å². The summed E-state index contributed by atoms with van der Waals surface area (Å²) < 4.78 is 0. The van der Waals surface area contributed by atoms with Gasteiger partial charge >= 0.3 is 0 Å². The number of amides is 1. The smallest absolute Gasteiger partial charge is 0.246 e. The van der Waals surface area contributed by atoms with E-state index in [1.54, 1.807) is 6.34 Å². The van der Waals surface area contributed by atoms with Crippen molar-refractivity contribution in [1.82, 2.24) is 15.5 Å². The van der Waals surface area contributed by atoms with E-state index < -0.39 is 0 Å². The summed E-state index contributed by atoms with van der Waals surface area (Å²) in [6.45, 7) is 5.04. The third kappa shape index (κ3) is 3.04. The molecule has 0 aromatic carbocycles. The lowest BCUT2D eigenvalue weighted by atomic mass is 10.0. The molecule has 6 heteroatoms. The van der Waals surface area contributed by atoms with Gasteiger partial charge in [-0.15, -0.1) is 0 Å². The van der Waals surface area contributed by atoms with E-state index in [1.807, 2.05) is 17.2 Å². The molecular weight excluding hydrogens is 266 g/mol. The van der Waals surface area contributed by atoms with E-state index in [4.69, 9.17) is 0 Å². The molecule has 0 aromatic rings. The van der Waals surface area contributed by atoms with Gasteiger partial charge in [0.1, 0.15) is 18.0 Å². The molecule has 0 aliphatic carbocycles. The van der Waals surface area contributed by atoms with Gasteiger partial charge in [-0.1, -0.05) is 6.58 Å². The first-order chi connectivity index (χ1) is 10.3. The van der Waals surface area contributed by atoms with Crippen molar-refractivity contribution in [1.29, 1.82) is 0 Å². The van der Waals surface area contributed by atoms with Crippen molar-refractivity contribution in [3.63, 3.8) is 0 Å². The molecule has 1 amide bonds. The van der Waals surface area contributed by atoms with Crippen LogP contribution in [0.2, 0.25) is 0 Å². The lowest BCUT2D eigenvalue weighted by Gasteiger charge is -2.33. The number of hydrogen-bond acceptors (Lipinski definition) is 5. The third-order valence-electron chi connectivity index (χ3n) is 3.85. The number of likely N-dealkylation sites (tertiary alicyclic amines) is 1. The zero-order valence-corrected chi connectivity index (χ0v) is 11.9. The molecule has 0 spiro atoms. The SMILES string of the molecule is C=CC(=O)N1CCC[C@@H](NC2=C3C=CNC(=NC=N2)C3)C1. The summed E-state index contributed by atoms with van der Waals surface area (Å²) in [6.07, 6.45) is 9.61. The van der Waals surface area contributed by atoms with Crippen LogP contribution in [0, 0.1) is 0 Å². The van der Waals surface area contributed by atoms with Crippen LogP contribution in [-0.2, 0) is 4.79 Å². The van der Waals surface area contributed by atoms with Crippen LogP contribution in [0.4, 0.5) is 0 Å². The van der Waals surface area contributed by atoms with E-state index in [0.717, 1.165) is 43.0 Å². The van der Waals surface area contributed by atoms with Gasteiger partial charge < -0.3 is 15.5 Å². The molecule has 3 heterocycles. The molecule has 0 saturated carbocycles. The van der Waals surface area contributed by atoms with Gasteiger partial charge in [-0.3, -0.25) is 4.79 Å². The molecule has 110 valence electrons. The highest BCUT2D eigenvalue weighted by Gasteiger charge is 2.24. The first-order valence-electron chi connectivity index (χ1n) is 7.19. The van der Waals surface area contributed by atoms with E-state index in [1.165, 1.54) is 6.08 Å². The molecule has 6 nitrogen and oxygen atoms in total. The quantitative estimate of drug-likeness (QED) is 0.757. The fraction of sp³-hybridized carbons (Fsp3) is 0.400. The van der Waals surface area contributed by atoms with Crippen LogP contribution >= 0.6 is 0 Å². The summed E-state index contributed by atoms with van der Waals surface area (Å²) in [5.74, 6) is 1.75. The standard InChI is InChI=1S/C15H19N5O/c1-2-14(21)20-7-3-4-12(9-20)19-15-11-5-6-16-13(8-11)17-10-18-15/h2,5-6,10,12,19H,1,3-4,7-9H2,(H,16,17,18)/t12-/m1/s1. The summed E-state index contributed by atoms with van der Waals surface area (Å²) in [4.78, 5) is 22.2. The molecule has 1 atom stereocenters. The van der Waals surface area contributed by atoms with Gasteiger partial charge in [0.05, 0.1) is 0 Å². The molecule has 21 heavy (non-hydrogen) atoms. The Hall–Kier alpha value is -2.37. The average molecular weight is 285 g/mol. The summed E-state index contributed by atoms with van der Waals surface area (Å²) in [7, 11) is 0. The first kappa shape index (κ1) is 13.6. The number of rotatable bonds is 3. The maximum atomic E-state index is 11.7. The second-order valence-electron chi connectivity index (χ2n) is 5.32. The van der Waals surface area contributed by atoms with Gasteiger partial charge in [0.25, 0.3) is 0 Å². The van der Waals surface area contributed by atoms with E-state index in [2.05, 4.69) is 27.2 Å². The first-order valence-corrected chi connectivity index (χ1v) is 7.19. The van der Waals surface area contributed by atoms with Crippen molar-refractivity contribution in [2.75, 3.05) is 13.1 Å². The predicted molar refractivity (Wildman–Crippen MR) is 82.8 cm³/mol. The number of amidine groups is 1. The normalized spacial score (nSPS) is 24.1. The van der Waals surface area contributed by atoms with Gasteiger partial charge in [0.15, 0.2) is 0 Å². The minimum atomic E-state index is -0.00379. The topological polar surface area (TPSA) is 69.1 Å². The number of nitrogens with zero attached hydrogens (tertiary/aromatic N) is 3. The minimum Gasteiger partial charge on any atom is -0.365 e. The largest absolute Gasteiger partial charge is 0.365 e. The lowest BCUT2D eigenvalue weighted by Crippen LogP contribution is -2.47. The number of carbonyl (C=O) groups excluding carboxylic acids is 1. The van der Waals surface area contributed by atoms with Crippen LogP contribution in [0.25, 0.3) is 0 Å². The number of aliphatic imine (C=N–C) groups is 2.